The van der Waals surface area contributed by atoms with Crippen molar-refractivity contribution in [2.75, 3.05) is 0 Å². The Labute approximate surface area is 155 Å². The van der Waals surface area contributed by atoms with Crippen LogP contribution in [0.4, 0.5) is 0 Å². The van der Waals surface area contributed by atoms with Crippen molar-refractivity contribution in [2.45, 2.75) is 20.8 Å². The van der Waals surface area contributed by atoms with Gasteiger partial charge < -0.3 is 9.40 Å². The number of carbonyl (C=O) groups excluding carboxylic acids is 2. The van der Waals surface area contributed by atoms with Crippen molar-refractivity contribution in [1.82, 2.24) is 15.8 Å². The molecule has 4 rings (SSSR count). The number of rotatable bonds is 2. The van der Waals surface area contributed by atoms with E-state index in [4.69, 9.17) is 4.42 Å². The molecule has 0 atom stereocenters. The fourth-order valence-electron chi connectivity index (χ4n) is 3.39. The summed E-state index contributed by atoms with van der Waals surface area (Å²) in [4.78, 5) is 28.0. The predicted molar refractivity (Wildman–Crippen MR) is 104 cm³/mol. The van der Waals surface area contributed by atoms with Gasteiger partial charge in [-0.3, -0.25) is 20.4 Å². The van der Waals surface area contributed by atoms with Gasteiger partial charge in [0.2, 0.25) is 0 Å². The number of furan rings is 1. The second kappa shape index (κ2) is 6.32. The van der Waals surface area contributed by atoms with Gasteiger partial charge >= 0.3 is 5.91 Å². The van der Waals surface area contributed by atoms with Gasteiger partial charge in [-0.15, -0.1) is 0 Å². The Balaban J connectivity index is 1.57. The third-order valence-corrected chi connectivity index (χ3v) is 4.81. The van der Waals surface area contributed by atoms with E-state index >= 15 is 0 Å². The summed E-state index contributed by atoms with van der Waals surface area (Å²) in [7, 11) is 0. The van der Waals surface area contributed by atoms with Crippen LogP contribution in [0.1, 0.15) is 37.6 Å². The van der Waals surface area contributed by atoms with E-state index in [9.17, 15) is 9.59 Å². The van der Waals surface area contributed by atoms with Crippen LogP contribution < -0.4 is 10.9 Å². The third-order valence-electron chi connectivity index (χ3n) is 4.81. The van der Waals surface area contributed by atoms with Gasteiger partial charge in [-0.1, -0.05) is 30.3 Å². The van der Waals surface area contributed by atoms with E-state index in [-0.39, 0.29) is 5.76 Å². The molecule has 2 aromatic carbocycles. The van der Waals surface area contributed by atoms with Gasteiger partial charge in [0, 0.05) is 28.0 Å². The SMILES string of the molecule is Cc1ccc(C)c2c(C)c(C(=O)NNC(=O)c3c[nH]c4ccccc34)oc12. The summed E-state index contributed by atoms with van der Waals surface area (Å²) in [5, 5.41) is 1.72. The first-order valence-electron chi connectivity index (χ1n) is 8.63. The number of H-pyrrole nitrogens is 1. The number of hydrazine groups is 1. The fraction of sp³-hybridized carbons (Fsp3) is 0.143. The number of aryl methyl sites for hydroxylation is 3. The second-order valence-corrected chi connectivity index (χ2v) is 6.62. The summed E-state index contributed by atoms with van der Waals surface area (Å²) in [5.41, 5.74) is 9.67. The zero-order valence-electron chi connectivity index (χ0n) is 15.3. The minimum atomic E-state index is -0.490. The van der Waals surface area contributed by atoms with Gasteiger partial charge in [0.25, 0.3) is 5.91 Å². The van der Waals surface area contributed by atoms with Crippen LogP contribution in [0.15, 0.2) is 47.0 Å². The van der Waals surface area contributed by atoms with Crippen LogP contribution in [-0.2, 0) is 0 Å². The Morgan fingerprint density at radius 1 is 0.926 bits per heavy atom. The van der Waals surface area contributed by atoms with Crippen molar-refractivity contribution in [3.8, 4) is 0 Å². The van der Waals surface area contributed by atoms with Crippen molar-refractivity contribution >= 4 is 33.7 Å². The molecule has 136 valence electrons. The standard InChI is InChI=1S/C21H19N3O3/c1-11-8-9-12(2)18-17(11)13(3)19(27-18)21(26)24-23-20(25)15-10-22-16-7-5-4-6-14(15)16/h4-10,22H,1-3H3,(H,23,25)(H,24,26). The maximum Gasteiger partial charge on any atom is 0.305 e. The summed E-state index contributed by atoms with van der Waals surface area (Å²) >= 11 is 0. The number of carbonyl (C=O) groups is 2. The number of aromatic amines is 1. The molecule has 0 unspecified atom stereocenters. The minimum Gasteiger partial charge on any atom is -0.450 e. The molecule has 0 bridgehead atoms. The van der Waals surface area contributed by atoms with Crippen LogP contribution in [-0.4, -0.2) is 16.8 Å². The van der Waals surface area contributed by atoms with Crippen molar-refractivity contribution in [1.29, 1.82) is 0 Å². The molecule has 0 saturated carbocycles. The smallest absolute Gasteiger partial charge is 0.305 e. The van der Waals surface area contributed by atoms with E-state index < -0.39 is 11.8 Å². The first-order valence-corrected chi connectivity index (χ1v) is 8.63. The highest BCUT2D eigenvalue weighted by atomic mass is 16.3. The van der Waals surface area contributed by atoms with E-state index in [1.165, 1.54) is 0 Å². The van der Waals surface area contributed by atoms with Gasteiger partial charge in [0.15, 0.2) is 5.76 Å². The molecule has 0 aliphatic rings. The van der Waals surface area contributed by atoms with E-state index in [0.29, 0.717) is 11.1 Å². The summed E-state index contributed by atoms with van der Waals surface area (Å²) in [6, 6.07) is 11.4. The number of hydrogen-bond acceptors (Lipinski definition) is 3. The molecular weight excluding hydrogens is 342 g/mol. The van der Waals surface area contributed by atoms with Crippen LogP contribution in [0.2, 0.25) is 0 Å². The maximum atomic E-state index is 12.6. The quantitative estimate of drug-likeness (QED) is 0.473. The number of hydrogen-bond donors (Lipinski definition) is 3. The normalized spacial score (nSPS) is 11.1. The molecule has 6 nitrogen and oxygen atoms in total. The summed E-state index contributed by atoms with van der Waals surface area (Å²) in [6.45, 7) is 5.75. The number of aromatic nitrogens is 1. The van der Waals surface area contributed by atoms with Crippen molar-refractivity contribution in [3.63, 3.8) is 0 Å². The zero-order chi connectivity index (χ0) is 19.1. The molecule has 6 heteroatoms. The van der Waals surface area contributed by atoms with Crippen LogP contribution in [0.5, 0.6) is 0 Å². The fourth-order valence-corrected chi connectivity index (χ4v) is 3.39. The first kappa shape index (κ1) is 16.9. The highest BCUT2D eigenvalue weighted by Gasteiger charge is 2.21. The van der Waals surface area contributed by atoms with Crippen molar-refractivity contribution in [3.05, 3.63) is 70.6 Å². The molecule has 0 aliphatic heterocycles. The lowest BCUT2D eigenvalue weighted by Gasteiger charge is -2.05. The molecular formula is C21H19N3O3. The van der Waals surface area contributed by atoms with Gasteiger partial charge in [-0.05, 0) is 38.0 Å². The van der Waals surface area contributed by atoms with Gasteiger partial charge in [0.05, 0.1) is 5.56 Å². The Morgan fingerprint density at radius 2 is 1.63 bits per heavy atom. The largest absolute Gasteiger partial charge is 0.450 e. The maximum absolute atomic E-state index is 12.6. The number of benzene rings is 2. The lowest BCUT2D eigenvalue weighted by Crippen LogP contribution is -2.41. The lowest BCUT2D eigenvalue weighted by atomic mass is 10.0. The summed E-state index contributed by atoms with van der Waals surface area (Å²) < 4.78 is 5.80. The van der Waals surface area contributed by atoms with Crippen LogP contribution in [0.25, 0.3) is 21.9 Å². The van der Waals surface area contributed by atoms with Gasteiger partial charge in [-0.25, -0.2) is 0 Å². The Kier molecular flexibility index (Phi) is 3.96. The van der Waals surface area contributed by atoms with Crippen LogP contribution in [0, 0.1) is 20.8 Å². The van der Waals surface area contributed by atoms with E-state index in [2.05, 4.69) is 15.8 Å². The van der Waals surface area contributed by atoms with E-state index in [1.807, 2.05) is 57.2 Å². The van der Waals surface area contributed by atoms with E-state index in [1.54, 1.807) is 6.20 Å². The molecule has 3 N–H and O–H groups in total. The van der Waals surface area contributed by atoms with Gasteiger partial charge in [-0.2, -0.15) is 0 Å². The molecule has 0 spiro atoms. The molecule has 4 aromatic rings. The molecule has 2 amide bonds. The molecule has 0 aliphatic carbocycles. The van der Waals surface area contributed by atoms with E-state index in [0.717, 1.165) is 33.0 Å². The topological polar surface area (TPSA) is 87.1 Å². The van der Waals surface area contributed by atoms with Crippen LogP contribution in [0.3, 0.4) is 0 Å². The second-order valence-electron chi connectivity index (χ2n) is 6.62. The molecule has 0 saturated heterocycles. The minimum absolute atomic E-state index is 0.196. The van der Waals surface area contributed by atoms with Gasteiger partial charge in [0.1, 0.15) is 5.58 Å². The zero-order valence-corrected chi connectivity index (χ0v) is 15.3. The Bertz CT molecular complexity index is 1200. The Hall–Kier alpha value is -3.54. The molecule has 0 fully saturated rings. The highest BCUT2D eigenvalue weighted by molar-refractivity contribution is 6.08. The number of nitrogens with one attached hydrogen (secondary N) is 3. The summed E-state index contributed by atoms with van der Waals surface area (Å²) in [5.74, 6) is -0.695. The number of fused-ring (bicyclic) bond motifs is 2. The predicted octanol–water partition coefficient (Wildman–Crippen LogP) is 3.91. The van der Waals surface area contributed by atoms with Crippen LogP contribution >= 0.6 is 0 Å². The lowest BCUT2D eigenvalue weighted by molar-refractivity contribution is 0.0832. The third kappa shape index (κ3) is 2.75. The molecule has 27 heavy (non-hydrogen) atoms. The average Bonchev–Trinajstić information content (AvgIpc) is 3.25. The highest BCUT2D eigenvalue weighted by Crippen LogP contribution is 2.30. The first-order chi connectivity index (χ1) is 13.0. The average molecular weight is 361 g/mol. The molecule has 0 radical (unpaired) electrons. The number of para-hydroxylation sites is 1. The monoisotopic (exact) mass is 361 g/mol. The molecule has 2 heterocycles. The van der Waals surface area contributed by atoms with Crippen molar-refractivity contribution < 1.29 is 14.0 Å². The summed E-state index contributed by atoms with van der Waals surface area (Å²) in [6.07, 6.45) is 1.62. The van der Waals surface area contributed by atoms with Crippen molar-refractivity contribution in [2.24, 2.45) is 0 Å². The Morgan fingerprint density at radius 3 is 2.41 bits per heavy atom. The number of amides is 2. The molecule has 2 aromatic heterocycles.